The van der Waals surface area contributed by atoms with Gasteiger partial charge in [0.25, 0.3) is 0 Å². The van der Waals surface area contributed by atoms with E-state index in [4.69, 9.17) is 26.9 Å². The van der Waals surface area contributed by atoms with E-state index in [0.717, 1.165) is 32.5 Å². The third-order valence-corrected chi connectivity index (χ3v) is 9.45. The minimum Gasteiger partial charge on any atom is -0.497 e. The average Bonchev–Trinajstić information content (AvgIpc) is 3.43. The van der Waals surface area contributed by atoms with Gasteiger partial charge in [-0.25, -0.2) is 27.8 Å². The number of halogens is 1. The van der Waals surface area contributed by atoms with Gasteiger partial charge >= 0.3 is 0 Å². The van der Waals surface area contributed by atoms with Crippen LogP contribution in [0.5, 0.6) is 5.75 Å². The number of aryl methyl sites for hydroxylation is 1. The normalized spacial score (nSPS) is 13.9. The van der Waals surface area contributed by atoms with E-state index >= 15 is 4.39 Å². The molecule has 238 valence electrons. The molecule has 2 aromatic heterocycles. The highest BCUT2D eigenvalue weighted by molar-refractivity contribution is 7.90. The molecule has 0 unspecified atom stereocenters. The van der Waals surface area contributed by atoms with Gasteiger partial charge < -0.3 is 20.3 Å². The molecule has 4 aromatic rings. The van der Waals surface area contributed by atoms with E-state index in [0.29, 0.717) is 67.3 Å². The molecule has 14 heteroatoms. The van der Waals surface area contributed by atoms with Gasteiger partial charge in [0.1, 0.15) is 26.4 Å². The molecule has 0 bridgehead atoms. The number of anilines is 3. The number of piperazine rings is 1. The van der Waals surface area contributed by atoms with Gasteiger partial charge in [0.2, 0.25) is 5.95 Å². The van der Waals surface area contributed by atoms with Crippen LogP contribution in [0.3, 0.4) is 0 Å². The third-order valence-electron chi connectivity index (χ3n) is 7.30. The van der Waals surface area contributed by atoms with Crippen molar-refractivity contribution in [3.8, 4) is 27.6 Å². The Kier molecular flexibility index (Phi) is 10.3. The van der Waals surface area contributed by atoms with E-state index in [1.54, 1.807) is 25.4 Å². The Morgan fingerprint density at radius 3 is 2.58 bits per heavy atom. The fourth-order valence-corrected chi connectivity index (χ4v) is 6.69. The van der Waals surface area contributed by atoms with Gasteiger partial charge in [0.15, 0.2) is 0 Å². The van der Waals surface area contributed by atoms with E-state index in [-0.39, 0.29) is 11.6 Å². The second-order valence-electron chi connectivity index (χ2n) is 10.9. The number of hydrogen-bond donors (Lipinski definition) is 2. The van der Waals surface area contributed by atoms with Crippen molar-refractivity contribution >= 4 is 55.7 Å². The van der Waals surface area contributed by atoms with E-state index in [1.165, 1.54) is 23.7 Å². The van der Waals surface area contributed by atoms with Crippen molar-refractivity contribution in [2.24, 2.45) is 0 Å². The van der Waals surface area contributed by atoms with Crippen molar-refractivity contribution in [3.63, 3.8) is 0 Å². The van der Waals surface area contributed by atoms with E-state index in [1.807, 2.05) is 36.9 Å². The lowest BCUT2D eigenvalue weighted by Crippen LogP contribution is -2.47. The zero-order valence-corrected chi connectivity index (χ0v) is 28.1. The van der Waals surface area contributed by atoms with Crippen LogP contribution in [0.25, 0.3) is 21.8 Å². The first-order valence-electron chi connectivity index (χ1n) is 14.4. The van der Waals surface area contributed by atoms with Crippen LogP contribution in [0.15, 0.2) is 48.7 Å². The molecule has 0 amide bonds. The van der Waals surface area contributed by atoms with Gasteiger partial charge in [0, 0.05) is 56.4 Å². The summed E-state index contributed by atoms with van der Waals surface area (Å²) in [7, 11) is -1.38. The standard InChI is InChI=1S/C31H36FN7O3S3/c1-20-15-22(17-24(16-20)42-3)29-30(44-28(37-29)19-34-21(2)43)26-7-8-33-31(36-26)35-23-5-6-27(25(32)18-23)39-11-9-38(10-12-39)13-14-45(4,40)41/h5-8,15-18H,9-14,19H2,1-4H3,(H,34,43)(H,33,35,36). The minimum absolute atomic E-state index is 0.127. The van der Waals surface area contributed by atoms with Crippen molar-refractivity contribution in [2.45, 2.75) is 20.4 Å². The van der Waals surface area contributed by atoms with Crippen molar-refractivity contribution in [1.82, 2.24) is 25.2 Å². The molecule has 0 saturated carbocycles. The molecule has 45 heavy (non-hydrogen) atoms. The van der Waals surface area contributed by atoms with Crippen LogP contribution < -0.4 is 20.3 Å². The Morgan fingerprint density at radius 2 is 1.89 bits per heavy atom. The summed E-state index contributed by atoms with van der Waals surface area (Å²) in [5.74, 6) is 0.837. The SMILES string of the molecule is COc1cc(C)cc(-c2nc(CNC(C)=S)sc2-c2ccnc(Nc3ccc(N4CCN(CCS(C)(=O)=O)CC4)c(F)c3)n2)c1. The maximum absolute atomic E-state index is 15.3. The summed E-state index contributed by atoms with van der Waals surface area (Å²) < 4.78 is 43.8. The highest BCUT2D eigenvalue weighted by atomic mass is 32.2. The maximum Gasteiger partial charge on any atom is 0.227 e. The van der Waals surface area contributed by atoms with Gasteiger partial charge in [0.05, 0.1) is 46.3 Å². The molecule has 0 atom stereocenters. The van der Waals surface area contributed by atoms with Gasteiger partial charge in [-0.2, -0.15) is 0 Å². The Labute approximate surface area is 272 Å². The summed E-state index contributed by atoms with van der Waals surface area (Å²) in [4.78, 5) is 19.7. The van der Waals surface area contributed by atoms with Crippen LogP contribution >= 0.6 is 23.6 Å². The summed E-state index contributed by atoms with van der Waals surface area (Å²) >= 11 is 6.72. The number of aromatic nitrogens is 3. The maximum atomic E-state index is 15.3. The molecule has 1 aliphatic rings. The first-order chi connectivity index (χ1) is 21.5. The van der Waals surface area contributed by atoms with Crippen LogP contribution in [-0.2, 0) is 16.4 Å². The van der Waals surface area contributed by atoms with Gasteiger partial charge in [-0.15, -0.1) is 11.3 Å². The Morgan fingerprint density at radius 1 is 1.11 bits per heavy atom. The molecular weight excluding hydrogens is 634 g/mol. The molecule has 1 aliphatic heterocycles. The fraction of sp³-hybridized carbons (Fsp3) is 0.355. The predicted molar refractivity (Wildman–Crippen MR) is 183 cm³/mol. The highest BCUT2D eigenvalue weighted by Crippen LogP contribution is 2.38. The van der Waals surface area contributed by atoms with Crippen LogP contribution in [0.2, 0.25) is 0 Å². The largest absolute Gasteiger partial charge is 0.497 e. The monoisotopic (exact) mass is 669 g/mol. The van der Waals surface area contributed by atoms with E-state index < -0.39 is 9.84 Å². The van der Waals surface area contributed by atoms with Crippen molar-refractivity contribution in [1.29, 1.82) is 0 Å². The number of sulfone groups is 1. The lowest BCUT2D eigenvalue weighted by Gasteiger charge is -2.36. The molecule has 10 nitrogen and oxygen atoms in total. The summed E-state index contributed by atoms with van der Waals surface area (Å²) in [5.41, 5.74) is 4.43. The van der Waals surface area contributed by atoms with Crippen LogP contribution in [0.1, 0.15) is 17.5 Å². The number of methoxy groups -OCH3 is 1. The number of thiazole rings is 1. The van der Waals surface area contributed by atoms with E-state index in [2.05, 4.69) is 26.6 Å². The predicted octanol–water partition coefficient (Wildman–Crippen LogP) is 5.07. The van der Waals surface area contributed by atoms with Crippen molar-refractivity contribution in [2.75, 3.05) is 62.1 Å². The summed E-state index contributed by atoms with van der Waals surface area (Å²) in [6, 6.07) is 12.8. The van der Waals surface area contributed by atoms with Crippen LogP contribution in [-0.4, -0.2) is 85.1 Å². The van der Waals surface area contributed by atoms with Crippen molar-refractivity contribution in [3.05, 3.63) is 65.0 Å². The number of ether oxygens (including phenoxy) is 1. The molecule has 5 rings (SSSR count). The Hall–Kier alpha value is -3.72. The van der Waals surface area contributed by atoms with Crippen molar-refractivity contribution < 1.29 is 17.5 Å². The molecule has 0 spiro atoms. The quantitative estimate of drug-likeness (QED) is 0.209. The molecule has 0 aliphatic carbocycles. The number of benzene rings is 2. The second kappa shape index (κ2) is 14.1. The fourth-order valence-electron chi connectivity index (χ4n) is 5.03. The van der Waals surface area contributed by atoms with Gasteiger partial charge in [-0.1, -0.05) is 12.2 Å². The zero-order chi connectivity index (χ0) is 32.1. The average molecular weight is 670 g/mol. The molecule has 2 N–H and O–H groups in total. The Balaban J connectivity index is 1.34. The number of nitrogens with zero attached hydrogens (tertiary/aromatic N) is 5. The van der Waals surface area contributed by atoms with Gasteiger partial charge in [-0.05, 0) is 61.9 Å². The van der Waals surface area contributed by atoms with Gasteiger partial charge in [-0.3, -0.25) is 4.90 Å². The Bertz CT molecular complexity index is 1790. The van der Waals surface area contributed by atoms with Crippen LogP contribution in [0.4, 0.5) is 21.7 Å². The summed E-state index contributed by atoms with van der Waals surface area (Å²) in [5, 5.41) is 7.17. The highest BCUT2D eigenvalue weighted by Gasteiger charge is 2.21. The lowest BCUT2D eigenvalue weighted by molar-refractivity contribution is 0.271. The molecule has 3 heterocycles. The number of thiocarbonyl (C=S) groups is 1. The summed E-state index contributed by atoms with van der Waals surface area (Å²) in [6.45, 7) is 7.40. The number of hydrogen-bond acceptors (Lipinski definition) is 11. The number of rotatable bonds is 11. The topological polar surface area (TPSA) is 113 Å². The summed E-state index contributed by atoms with van der Waals surface area (Å²) in [6.07, 6.45) is 2.91. The number of nitrogens with one attached hydrogen (secondary N) is 2. The molecule has 2 aromatic carbocycles. The van der Waals surface area contributed by atoms with E-state index in [9.17, 15) is 8.42 Å². The van der Waals surface area contributed by atoms with Crippen LogP contribution in [0, 0.1) is 12.7 Å². The zero-order valence-electron chi connectivity index (χ0n) is 25.6. The minimum atomic E-state index is -3.02. The first-order valence-corrected chi connectivity index (χ1v) is 17.7. The smallest absolute Gasteiger partial charge is 0.227 e. The first kappa shape index (κ1) is 32.7. The molecular formula is C31H36FN7O3S3. The lowest BCUT2D eigenvalue weighted by atomic mass is 10.1. The third kappa shape index (κ3) is 8.72. The molecule has 1 saturated heterocycles. The second-order valence-corrected chi connectivity index (χ2v) is 14.9. The molecule has 0 radical (unpaired) electrons. The molecule has 1 fully saturated rings.